The topological polar surface area (TPSA) is 74.2 Å². The molecule has 1 heterocycles. The molecule has 0 saturated heterocycles. The minimum Gasteiger partial charge on any atom is -0.493 e. The first-order valence-corrected chi connectivity index (χ1v) is 10.1. The molecule has 0 aromatic heterocycles. The summed E-state index contributed by atoms with van der Waals surface area (Å²) in [6.45, 7) is 7.71. The first-order chi connectivity index (χ1) is 14.1. The molecule has 1 aliphatic rings. The minimum atomic E-state index is -0.538. The highest BCUT2D eigenvalue weighted by molar-refractivity contribution is 9.10. The van der Waals surface area contributed by atoms with Crippen LogP contribution in [0.4, 0.5) is 0 Å². The van der Waals surface area contributed by atoms with Crippen LogP contribution in [0.1, 0.15) is 44.4 Å². The van der Waals surface area contributed by atoms with Gasteiger partial charge in [0.05, 0.1) is 11.6 Å². The first-order valence-electron chi connectivity index (χ1n) is 9.28. The summed E-state index contributed by atoms with van der Waals surface area (Å²) in [5.74, 6) is -0.131. The van der Waals surface area contributed by atoms with Gasteiger partial charge in [-0.25, -0.2) is 9.79 Å². The van der Waals surface area contributed by atoms with Crippen molar-refractivity contribution in [2.45, 2.75) is 33.1 Å². The van der Waals surface area contributed by atoms with Crippen LogP contribution in [0.3, 0.4) is 0 Å². The zero-order chi connectivity index (χ0) is 22.1. The lowest BCUT2D eigenvalue weighted by molar-refractivity contribution is -0.132. The van der Waals surface area contributed by atoms with Crippen LogP contribution >= 0.6 is 15.9 Å². The lowest BCUT2D eigenvalue weighted by Gasteiger charge is -2.18. The van der Waals surface area contributed by atoms with E-state index < -0.39 is 11.9 Å². The van der Waals surface area contributed by atoms with E-state index in [-0.39, 0.29) is 22.8 Å². The van der Waals surface area contributed by atoms with Crippen molar-refractivity contribution >= 4 is 39.8 Å². The van der Waals surface area contributed by atoms with E-state index in [2.05, 4.69) is 41.7 Å². The molecule has 30 heavy (non-hydrogen) atoms. The summed E-state index contributed by atoms with van der Waals surface area (Å²) < 4.78 is 16.3. The molecule has 0 bridgehead atoms. The van der Waals surface area contributed by atoms with Gasteiger partial charge in [-0.3, -0.25) is 4.79 Å². The Hall–Kier alpha value is -2.93. The van der Waals surface area contributed by atoms with Crippen molar-refractivity contribution in [3.63, 3.8) is 0 Å². The third-order valence-corrected chi connectivity index (χ3v) is 5.01. The predicted molar refractivity (Wildman–Crippen MR) is 118 cm³/mol. The molecular weight excluding hydrogens is 450 g/mol. The summed E-state index contributed by atoms with van der Waals surface area (Å²) in [7, 11) is 1.47. The molecule has 0 saturated carbocycles. The maximum atomic E-state index is 12.3. The highest BCUT2D eigenvalue weighted by atomic mass is 79.9. The zero-order valence-corrected chi connectivity index (χ0v) is 19.0. The summed E-state index contributed by atoms with van der Waals surface area (Å²) in [5, 5.41) is 0. The Kier molecular flexibility index (Phi) is 6.12. The number of carbonyl (C=O) groups is 2. The summed E-state index contributed by atoms with van der Waals surface area (Å²) in [5.41, 5.74) is 2.73. The lowest BCUT2D eigenvalue weighted by Crippen LogP contribution is -2.11. The van der Waals surface area contributed by atoms with Crippen molar-refractivity contribution in [2.75, 3.05) is 7.11 Å². The average Bonchev–Trinajstić information content (AvgIpc) is 3.03. The SMILES string of the molecule is COc1cc(/C=C2\N=C(c3ccc(C(C)(C)C)cc3)OC2=O)cc(Br)c1OC(C)=O. The number of benzene rings is 2. The Morgan fingerprint density at radius 1 is 1.17 bits per heavy atom. The van der Waals surface area contributed by atoms with Crippen molar-refractivity contribution in [2.24, 2.45) is 4.99 Å². The number of hydrogen-bond acceptors (Lipinski definition) is 6. The average molecular weight is 472 g/mol. The number of ether oxygens (including phenoxy) is 3. The minimum absolute atomic E-state index is 0.0302. The molecule has 1 aliphatic heterocycles. The fourth-order valence-corrected chi connectivity index (χ4v) is 3.41. The molecule has 0 atom stereocenters. The molecule has 6 nitrogen and oxygen atoms in total. The van der Waals surface area contributed by atoms with Crippen LogP contribution in [0.5, 0.6) is 11.5 Å². The van der Waals surface area contributed by atoms with E-state index >= 15 is 0 Å². The second-order valence-corrected chi connectivity index (χ2v) is 8.65. The number of cyclic esters (lactones) is 1. The smallest absolute Gasteiger partial charge is 0.363 e. The number of rotatable bonds is 4. The Morgan fingerprint density at radius 2 is 1.83 bits per heavy atom. The Bertz CT molecular complexity index is 1060. The lowest BCUT2D eigenvalue weighted by atomic mass is 9.87. The Labute approximate surface area is 183 Å². The van der Waals surface area contributed by atoms with Gasteiger partial charge in [0, 0.05) is 12.5 Å². The molecule has 0 unspecified atom stereocenters. The molecule has 0 amide bonds. The maximum Gasteiger partial charge on any atom is 0.363 e. The van der Waals surface area contributed by atoms with Crippen LogP contribution in [0.2, 0.25) is 0 Å². The van der Waals surface area contributed by atoms with E-state index in [4.69, 9.17) is 14.2 Å². The molecule has 0 fully saturated rings. The molecule has 0 N–H and O–H groups in total. The van der Waals surface area contributed by atoms with E-state index in [1.165, 1.54) is 19.6 Å². The van der Waals surface area contributed by atoms with Gasteiger partial charge in [0.25, 0.3) is 0 Å². The monoisotopic (exact) mass is 471 g/mol. The highest BCUT2D eigenvalue weighted by Gasteiger charge is 2.25. The summed E-state index contributed by atoms with van der Waals surface area (Å²) >= 11 is 3.36. The molecule has 2 aromatic carbocycles. The number of esters is 2. The number of hydrogen-bond donors (Lipinski definition) is 0. The number of methoxy groups -OCH3 is 1. The van der Waals surface area contributed by atoms with E-state index in [0.29, 0.717) is 15.8 Å². The van der Waals surface area contributed by atoms with Gasteiger partial charge in [0.2, 0.25) is 5.90 Å². The Morgan fingerprint density at radius 3 is 2.40 bits per heavy atom. The molecule has 3 rings (SSSR count). The standard InChI is InChI=1S/C23H22BrNO5/c1-13(26)29-20-17(24)10-14(12-19(20)28-5)11-18-22(27)30-21(25-18)15-6-8-16(9-7-15)23(2,3)4/h6-12H,1-5H3/b18-11-. The Balaban J connectivity index is 1.92. The van der Waals surface area contributed by atoms with Crippen LogP contribution in [-0.4, -0.2) is 24.9 Å². The van der Waals surface area contributed by atoms with Gasteiger partial charge in [-0.15, -0.1) is 0 Å². The molecule has 0 spiro atoms. The van der Waals surface area contributed by atoms with Crippen LogP contribution in [0.25, 0.3) is 6.08 Å². The largest absolute Gasteiger partial charge is 0.493 e. The summed E-state index contributed by atoms with van der Waals surface area (Å²) in [6, 6.07) is 11.1. The normalized spacial score (nSPS) is 15.1. The fourth-order valence-electron chi connectivity index (χ4n) is 2.87. The molecular formula is C23H22BrNO5. The van der Waals surface area contributed by atoms with Gasteiger partial charge in [0.15, 0.2) is 17.2 Å². The molecule has 0 aliphatic carbocycles. The van der Waals surface area contributed by atoms with Crippen LogP contribution in [-0.2, 0) is 19.7 Å². The van der Waals surface area contributed by atoms with Gasteiger partial charge >= 0.3 is 11.9 Å². The van der Waals surface area contributed by atoms with E-state index in [0.717, 1.165) is 5.56 Å². The number of halogens is 1. The van der Waals surface area contributed by atoms with Crippen LogP contribution in [0, 0.1) is 0 Å². The quantitative estimate of drug-likeness (QED) is 0.355. The van der Waals surface area contributed by atoms with E-state index in [1.807, 2.05) is 24.3 Å². The predicted octanol–water partition coefficient (Wildman–Crippen LogP) is 5.03. The van der Waals surface area contributed by atoms with Crippen molar-refractivity contribution in [3.05, 3.63) is 63.3 Å². The van der Waals surface area contributed by atoms with Gasteiger partial charge < -0.3 is 14.2 Å². The van der Waals surface area contributed by atoms with E-state index in [9.17, 15) is 9.59 Å². The van der Waals surface area contributed by atoms with Gasteiger partial charge in [-0.1, -0.05) is 32.9 Å². The maximum absolute atomic E-state index is 12.3. The fraction of sp³-hybridized carbons (Fsp3) is 0.261. The second kappa shape index (κ2) is 8.44. The summed E-state index contributed by atoms with van der Waals surface area (Å²) in [4.78, 5) is 28.0. The zero-order valence-electron chi connectivity index (χ0n) is 17.4. The third-order valence-electron chi connectivity index (χ3n) is 4.42. The van der Waals surface area contributed by atoms with E-state index in [1.54, 1.807) is 18.2 Å². The van der Waals surface area contributed by atoms with Crippen molar-refractivity contribution < 1.29 is 23.8 Å². The third kappa shape index (κ3) is 4.79. The number of carbonyl (C=O) groups excluding carboxylic acids is 2. The van der Waals surface area contributed by atoms with Crippen LogP contribution in [0.15, 0.2) is 51.6 Å². The number of aliphatic imine (C=N–C) groups is 1. The second-order valence-electron chi connectivity index (χ2n) is 7.79. The van der Waals surface area contributed by atoms with Gasteiger partial charge in [0.1, 0.15) is 0 Å². The van der Waals surface area contributed by atoms with Crippen LogP contribution < -0.4 is 9.47 Å². The summed E-state index contributed by atoms with van der Waals surface area (Å²) in [6.07, 6.45) is 1.59. The van der Waals surface area contributed by atoms with Gasteiger partial charge in [-0.2, -0.15) is 0 Å². The molecule has 0 radical (unpaired) electrons. The van der Waals surface area contributed by atoms with Gasteiger partial charge in [-0.05, 0) is 62.8 Å². The number of nitrogens with zero attached hydrogens (tertiary/aromatic N) is 1. The molecule has 7 heteroatoms. The molecule has 156 valence electrons. The highest BCUT2D eigenvalue weighted by Crippen LogP contribution is 2.37. The van der Waals surface area contributed by atoms with Crippen molar-refractivity contribution in [1.29, 1.82) is 0 Å². The molecule has 2 aromatic rings. The first kappa shape index (κ1) is 21.8. The van der Waals surface area contributed by atoms with Crippen molar-refractivity contribution in [3.8, 4) is 11.5 Å². The van der Waals surface area contributed by atoms with Crippen molar-refractivity contribution in [1.82, 2.24) is 0 Å².